The van der Waals surface area contributed by atoms with Crippen LogP contribution >= 0.6 is 23.2 Å². The molecule has 0 heterocycles. The van der Waals surface area contributed by atoms with Crippen LogP contribution in [0.1, 0.15) is 17.3 Å². The summed E-state index contributed by atoms with van der Waals surface area (Å²) in [4.78, 5) is 10.1. The minimum absolute atomic E-state index is 0.309. The average Bonchev–Trinajstić information content (AvgIpc) is 2.26. The van der Waals surface area contributed by atoms with Gasteiger partial charge < -0.3 is 14.2 Å². The molecule has 0 spiro atoms. The molecule has 0 saturated heterocycles. The minimum Gasteiger partial charge on any atom is -0.496 e. The maximum atomic E-state index is 10.9. The van der Waals surface area contributed by atoms with Crippen molar-refractivity contribution >= 4 is 29.2 Å². The molecule has 1 rings (SSSR count). The van der Waals surface area contributed by atoms with Crippen LogP contribution < -0.4 is 14.2 Å². The molecule has 0 amide bonds. The van der Waals surface area contributed by atoms with E-state index in [0.717, 1.165) is 0 Å². The van der Waals surface area contributed by atoms with Crippen molar-refractivity contribution in [3.05, 3.63) is 17.7 Å². The Morgan fingerprint density at radius 3 is 1.94 bits per heavy atom. The summed E-state index contributed by atoms with van der Waals surface area (Å²) in [5.41, 5.74) is 0.495. The van der Waals surface area contributed by atoms with Gasteiger partial charge in [-0.25, -0.2) is 0 Å². The highest BCUT2D eigenvalue weighted by atomic mass is 35.5. The van der Waals surface area contributed by atoms with Crippen molar-refractivity contribution in [2.75, 3.05) is 14.2 Å². The fourth-order valence-electron chi connectivity index (χ4n) is 1.35. The smallest absolute Gasteiger partial charge is 0.308 e. The lowest BCUT2D eigenvalue weighted by molar-refractivity contribution is -0.131. The van der Waals surface area contributed by atoms with Gasteiger partial charge in [0.15, 0.2) is 0 Å². The van der Waals surface area contributed by atoms with Crippen LogP contribution in [0, 0.1) is 0 Å². The van der Waals surface area contributed by atoms with Crippen molar-refractivity contribution in [1.29, 1.82) is 0 Å². The highest BCUT2D eigenvalue weighted by molar-refractivity contribution is 6.44. The van der Waals surface area contributed by atoms with Crippen LogP contribution in [0.25, 0.3) is 0 Å². The van der Waals surface area contributed by atoms with Crippen molar-refractivity contribution in [3.63, 3.8) is 0 Å². The molecule has 0 aromatic heterocycles. The first-order valence-corrected chi connectivity index (χ1v) is 5.59. The van der Waals surface area contributed by atoms with Gasteiger partial charge >= 0.3 is 5.97 Å². The molecule has 0 aliphatic heterocycles. The van der Waals surface area contributed by atoms with Gasteiger partial charge in [0.25, 0.3) is 0 Å². The average molecular weight is 279 g/mol. The molecule has 0 atom stereocenters. The standard InChI is InChI=1S/C11H12Cl2O4/c1-6(14)17-7-4-8(15-2)10(11(12)13)9(5-7)16-3/h4-5,11H,1-3H3. The molecule has 1 aromatic carbocycles. The normalized spacial score (nSPS) is 10.2. The molecule has 4 nitrogen and oxygen atoms in total. The van der Waals surface area contributed by atoms with Gasteiger partial charge in [-0.3, -0.25) is 4.79 Å². The van der Waals surface area contributed by atoms with Gasteiger partial charge in [-0.15, -0.1) is 0 Å². The van der Waals surface area contributed by atoms with E-state index >= 15 is 0 Å². The molecular weight excluding hydrogens is 267 g/mol. The Hall–Kier alpha value is -1.13. The third-order valence-electron chi connectivity index (χ3n) is 2.00. The van der Waals surface area contributed by atoms with E-state index < -0.39 is 10.8 Å². The molecule has 0 unspecified atom stereocenters. The van der Waals surface area contributed by atoms with E-state index in [-0.39, 0.29) is 0 Å². The summed E-state index contributed by atoms with van der Waals surface area (Å²) in [7, 11) is 2.93. The predicted octanol–water partition coefficient (Wildman–Crippen LogP) is 3.11. The van der Waals surface area contributed by atoms with Gasteiger partial charge in [0.05, 0.1) is 19.8 Å². The first-order valence-electron chi connectivity index (χ1n) is 4.72. The number of alkyl halides is 2. The van der Waals surface area contributed by atoms with E-state index in [0.29, 0.717) is 22.8 Å². The summed E-state index contributed by atoms with van der Waals surface area (Å²) in [5, 5.41) is 0. The van der Waals surface area contributed by atoms with Crippen molar-refractivity contribution in [2.45, 2.75) is 11.8 Å². The Balaban J connectivity index is 3.28. The third-order valence-corrected chi connectivity index (χ3v) is 2.43. The van der Waals surface area contributed by atoms with Gasteiger partial charge in [0.1, 0.15) is 22.1 Å². The summed E-state index contributed by atoms with van der Waals surface area (Å²) >= 11 is 11.7. The molecular formula is C11H12Cl2O4. The molecule has 17 heavy (non-hydrogen) atoms. The number of esters is 1. The Morgan fingerprint density at radius 2 is 1.65 bits per heavy atom. The van der Waals surface area contributed by atoms with Crippen LogP contribution in [0.3, 0.4) is 0 Å². The van der Waals surface area contributed by atoms with Crippen LogP contribution in [-0.2, 0) is 4.79 Å². The molecule has 0 aliphatic carbocycles. The molecule has 94 valence electrons. The summed E-state index contributed by atoms with van der Waals surface area (Å²) < 4.78 is 15.2. The zero-order valence-electron chi connectivity index (χ0n) is 9.62. The molecule has 6 heteroatoms. The second-order valence-corrected chi connectivity index (χ2v) is 4.23. The minimum atomic E-state index is -0.800. The molecule has 0 fully saturated rings. The first kappa shape index (κ1) is 13.9. The van der Waals surface area contributed by atoms with Gasteiger partial charge in [-0.1, -0.05) is 23.2 Å². The van der Waals surface area contributed by atoms with Gasteiger partial charge in [-0.2, -0.15) is 0 Å². The Kier molecular flexibility index (Phi) is 4.90. The molecule has 0 saturated carbocycles. The van der Waals surface area contributed by atoms with Crippen LogP contribution in [-0.4, -0.2) is 20.2 Å². The lowest BCUT2D eigenvalue weighted by Gasteiger charge is -2.15. The van der Waals surface area contributed by atoms with E-state index in [2.05, 4.69) is 0 Å². The van der Waals surface area contributed by atoms with Crippen LogP contribution in [0.5, 0.6) is 17.2 Å². The Bertz CT molecular complexity index is 393. The lowest BCUT2D eigenvalue weighted by Crippen LogP contribution is -2.03. The zero-order valence-corrected chi connectivity index (χ0v) is 11.1. The van der Waals surface area contributed by atoms with E-state index in [1.54, 1.807) is 0 Å². The SMILES string of the molecule is COc1cc(OC(C)=O)cc(OC)c1C(Cl)Cl. The highest BCUT2D eigenvalue weighted by Gasteiger charge is 2.19. The molecule has 0 radical (unpaired) electrons. The molecule has 0 bridgehead atoms. The number of hydrogen-bond donors (Lipinski definition) is 0. The van der Waals surface area contributed by atoms with E-state index in [9.17, 15) is 4.79 Å². The molecule has 0 aliphatic rings. The zero-order chi connectivity index (χ0) is 13.0. The maximum absolute atomic E-state index is 10.9. The van der Waals surface area contributed by atoms with Crippen molar-refractivity contribution < 1.29 is 19.0 Å². The highest BCUT2D eigenvalue weighted by Crippen LogP contribution is 2.42. The fourth-order valence-corrected chi connectivity index (χ4v) is 1.78. The lowest BCUT2D eigenvalue weighted by atomic mass is 10.2. The van der Waals surface area contributed by atoms with Crippen molar-refractivity contribution in [1.82, 2.24) is 0 Å². The number of hydrogen-bond acceptors (Lipinski definition) is 4. The summed E-state index contributed by atoms with van der Waals surface area (Å²) in [6.07, 6.45) is 0. The van der Waals surface area contributed by atoms with Gasteiger partial charge in [0.2, 0.25) is 0 Å². The number of rotatable bonds is 4. The number of methoxy groups -OCH3 is 2. The van der Waals surface area contributed by atoms with Crippen molar-refractivity contribution in [3.8, 4) is 17.2 Å². The predicted molar refractivity (Wildman–Crippen MR) is 65.3 cm³/mol. The molecule has 0 N–H and O–H groups in total. The second kappa shape index (κ2) is 5.98. The van der Waals surface area contributed by atoms with E-state index in [4.69, 9.17) is 37.4 Å². The summed E-state index contributed by atoms with van der Waals surface area (Å²) in [6, 6.07) is 3.05. The molecule has 1 aromatic rings. The topological polar surface area (TPSA) is 44.8 Å². The monoisotopic (exact) mass is 278 g/mol. The third kappa shape index (κ3) is 3.41. The fraction of sp³-hybridized carbons (Fsp3) is 0.364. The Labute approximate surface area is 109 Å². The van der Waals surface area contributed by atoms with Crippen LogP contribution in [0.2, 0.25) is 0 Å². The number of halogens is 2. The van der Waals surface area contributed by atoms with E-state index in [1.165, 1.54) is 33.3 Å². The quantitative estimate of drug-likeness (QED) is 0.482. The van der Waals surface area contributed by atoms with Gasteiger partial charge in [0, 0.05) is 19.1 Å². The second-order valence-electron chi connectivity index (χ2n) is 3.14. The number of benzene rings is 1. The summed E-state index contributed by atoms with van der Waals surface area (Å²) in [5.74, 6) is 0.672. The number of ether oxygens (including phenoxy) is 3. The maximum Gasteiger partial charge on any atom is 0.308 e. The van der Waals surface area contributed by atoms with Gasteiger partial charge in [-0.05, 0) is 0 Å². The van der Waals surface area contributed by atoms with Crippen LogP contribution in [0.15, 0.2) is 12.1 Å². The number of carbonyl (C=O) groups excluding carboxylic acids is 1. The van der Waals surface area contributed by atoms with Crippen LogP contribution in [0.4, 0.5) is 0 Å². The summed E-state index contributed by atoms with van der Waals surface area (Å²) in [6.45, 7) is 1.30. The Morgan fingerprint density at radius 1 is 1.18 bits per heavy atom. The number of carbonyl (C=O) groups is 1. The van der Waals surface area contributed by atoms with Crippen molar-refractivity contribution in [2.24, 2.45) is 0 Å². The van der Waals surface area contributed by atoms with E-state index in [1.807, 2.05) is 0 Å². The largest absolute Gasteiger partial charge is 0.496 e. The first-order chi connectivity index (χ1) is 7.99.